The van der Waals surface area contributed by atoms with Crippen LogP contribution in [0, 0.1) is 0 Å². The molecule has 1 fully saturated rings. The van der Waals surface area contributed by atoms with Crippen LogP contribution < -0.4 is 5.32 Å². The molecule has 3 aromatic heterocycles. The highest BCUT2D eigenvalue weighted by atomic mass is 32.1. The molecule has 1 aliphatic heterocycles. The van der Waals surface area contributed by atoms with Crippen molar-refractivity contribution in [2.24, 2.45) is 0 Å². The van der Waals surface area contributed by atoms with Crippen LogP contribution in [0.2, 0.25) is 0 Å². The number of thiophene rings is 1. The van der Waals surface area contributed by atoms with Gasteiger partial charge in [0.1, 0.15) is 16.5 Å². The Hall–Kier alpha value is -2.29. The highest BCUT2D eigenvalue weighted by Gasteiger charge is 2.31. The van der Waals surface area contributed by atoms with Gasteiger partial charge in [0.25, 0.3) is 5.91 Å². The molecule has 4 heterocycles. The molecule has 0 aliphatic carbocycles. The standard InChI is InChI=1S/C16H11N3O2S3/c20-15-13(18-16(22)19(15)7-12-2-1-4-21-12)6-11-9-24-14(17-11)10-3-5-23-8-10/h1-6,8-9H,7H2,(H,18,22)/b13-6+. The van der Waals surface area contributed by atoms with Crippen LogP contribution in [0.25, 0.3) is 16.6 Å². The summed E-state index contributed by atoms with van der Waals surface area (Å²) in [7, 11) is 0. The largest absolute Gasteiger partial charge is 0.467 e. The molecule has 1 amide bonds. The Morgan fingerprint density at radius 1 is 1.38 bits per heavy atom. The number of thiocarbonyl (C=S) groups is 1. The Labute approximate surface area is 151 Å². The topological polar surface area (TPSA) is 58.4 Å². The van der Waals surface area contributed by atoms with Gasteiger partial charge in [-0.2, -0.15) is 11.3 Å². The smallest absolute Gasteiger partial charge is 0.277 e. The van der Waals surface area contributed by atoms with Gasteiger partial charge in [-0.1, -0.05) is 0 Å². The lowest BCUT2D eigenvalue weighted by Crippen LogP contribution is -2.29. The van der Waals surface area contributed by atoms with E-state index in [4.69, 9.17) is 16.6 Å². The molecule has 0 aromatic carbocycles. The molecular weight excluding hydrogens is 362 g/mol. The summed E-state index contributed by atoms with van der Waals surface area (Å²) in [5, 5.41) is 10.2. The summed E-state index contributed by atoms with van der Waals surface area (Å²) in [4.78, 5) is 18.6. The fourth-order valence-corrected chi connectivity index (χ4v) is 4.04. The summed E-state index contributed by atoms with van der Waals surface area (Å²) < 4.78 is 5.28. The van der Waals surface area contributed by atoms with Gasteiger partial charge in [-0.15, -0.1) is 11.3 Å². The molecule has 0 bridgehead atoms. The maximum absolute atomic E-state index is 12.5. The van der Waals surface area contributed by atoms with E-state index in [9.17, 15) is 4.79 Å². The Balaban J connectivity index is 1.55. The number of carbonyl (C=O) groups is 1. The number of thiazole rings is 1. The molecule has 0 spiro atoms. The van der Waals surface area contributed by atoms with Crippen LogP contribution in [0.15, 0.2) is 50.7 Å². The SMILES string of the molecule is O=C1/C(=C\c2csc(-c3ccsc3)n2)NC(=S)N1Cc1ccco1. The summed E-state index contributed by atoms with van der Waals surface area (Å²) in [6.45, 7) is 0.312. The van der Waals surface area contributed by atoms with Crippen molar-refractivity contribution in [3.63, 3.8) is 0 Å². The second-order valence-electron chi connectivity index (χ2n) is 5.05. The number of furan rings is 1. The van der Waals surface area contributed by atoms with E-state index in [1.807, 2.05) is 22.9 Å². The first-order valence-electron chi connectivity index (χ1n) is 7.06. The van der Waals surface area contributed by atoms with Crippen molar-refractivity contribution in [1.82, 2.24) is 15.2 Å². The molecule has 5 nitrogen and oxygen atoms in total. The third kappa shape index (κ3) is 2.91. The first kappa shape index (κ1) is 15.3. The van der Waals surface area contributed by atoms with E-state index < -0.39 is 0 Å². The van der Waals surface area contributed by atoms with Gasteiger partial charge in [0, 0.05) is 16.3 Å². The van der Waals surface area contributed by atoms with Gasteiger partial charge in [-0.05, 0) is 41.9 Å². The van der Waals surface area contributed by atoms with Crippen molar-refractivity contribution in [3.8, 4) is 10.6 Å². The van der Waals surface area contributed by atoms with Crippen LogP contribution in [0.5, 0.6) is 0 Å². The van der Waals surface area contributed by atoms with Crippen LogP contribution in [0.4, 0.5) is 0 Å². The van der Waals surface area contributed by atoms with E-state index in [0.29, 0.717) is 23.1 Å². The van der Waals surface area contributed by atoms with E-state index in [2.05, 4.69) is 15.7 Å². The number of nitrogens with one attached hydrogen (secondary N) is 1. The van der Waals surface area contributed by atoms with E-state index in [1.54, 1.807) is 41.1 Å². The lowest BCUT2D eigenvalue weighted by Gasteiger charge is -2.11. The molecule has 0 saturated carbocycles. The second-order valence-corrected chi connectivity index (χ2v) is 7.07. The van der Waals surface area contributed by atoms with Crippen LogP contribution >= 0.6 is 34.9 Å². The van der Waals surface area contributed by atoms with Gasteiger partial charge in [0.15, 0.2) is 5.11 Å². The normalized spacial score (nSPS) is 16.2. The van der Waals surface area contributed by atoms with Crippen LogP contribution in [0.1, 0.15) is 11.5 Å². The molecule has 1 aliphatic rings. The predicted molar refractivity (Wildman–Crippen MR) is 98.4 cm³/mol. The first-order chi connectivity index (χ1) is 11.7. The quantitative estimate of drug-likeness (QED) is 0.558. The zero-order valence-corrected chi connectivity index (χ0v) is 14.7. The van der Waals surface area contributed by atoms with Crippen molar-refractivity contribution >= 4 is 52.0 Å². The van der Waals surface area contributed by atoms with E-state index >= 15 is 0 Å². The molecule has 1 N–H and O–H groups in total. The molecule has 1 saturated heterocycles. The van der Waals surface area contributed by atoms with E-state index in [0.717, 1.165) is 16.3 Å². The Morgan fingerprint density at radius 2 is 2.29 bits per heavy atom. The molecular formula is C16H11N3O2S3. The van der Waals surface area contributed by atoms with Crippen LogP contribution in [-0.4, -0.2) is 20.9 Å². The van der Waals surface area contributed by atoms with Gasteiger partial charge in [0.2, 0.25) is 0 Å². The fourth-order valence-electron chi connectivity index (χ4n) is 2.29. The lowest BCUT2D eigenvalue weighted by atomic mass is 10.3. The highest BCUT2D eigenvalue weighted by Crippen LogP contribution is 2.27. The molecule has 8 heteroatoms. The molecule has 4 rings (SSSR count). The average Bonchev–Trinajstić information content (AvgIpc) is 3.33. The van der Waals surface area contributed by atoms with Crippen molar-refractivity contribution in [2.45, 2.75) is 6.54 Å². The maximum atomic E-state index is 12.5. The van der Waals surface area contributed by atoms with E-state index in [1.165, 1.54) is 4.90 Å². The van der Waals surface area contributed by atoms with Gasteiger partial charge >= 0.3 is 0 Å². The highest BCUT2D eigenvalue weighted by molar-refractivity contribution is 7.80. The van der Waals surface area contributed by atoms with E-state index in [-0.39, 0.29) is 5.91 Å². The molecule has 0 radical (unpaired) electrons. The number of hydrogen-bond donors (Lipinski definition) is 1. The first-order valence-corrected chi connectivity index (χ1v) is 9.29. The zero-order chi connectivity index (χ0) is 16.5. The number of nitrogens with zero attached hydrogens (tertiary/aromatic N) is 2. The van der Waals surface area contributed by atoms with Gasteiger partial charge in [0.05, 0.1) is 18.5 Å². The van der Waals surface area contributed by atoms with Crippen molar-refractivity contribution in [2.75, 3.05) is 0 Å². The minimum atomic E-state index is -0.179. The monoisotopic (exact) mass is 373 g/mol. The van der Waals surface area contributed by atoms with Crippen molar-refractivity contribution in [3.05, 3.63) is 57.8 Å². The number of rotatable bonds is 4. The molecule has 3 aromatic rings. The average molecular weight is 373 g/mol. The zero-order valence-electron chi connectivity index (χ0n) is 12.3. The number of carbonyl (C=O) groups excluding carboxylic acids is 1. The number of amides is 1. The van der Waals surface area contributed by atoms with Gasteiger partial charge in [-0.25, -0.2) is 4.98 Å². The minimum Gasteiger partial charge on any atom is -0.467 e. The van der Waals surface area contributed by atoms with Crippen LogP contribution in [-0.2, 0) is 11.3 Å². The second kappa shape index (κ2) is 6.31. The summed E-state index contributed by atoms with van der Waals surface area (Å²) in [5.74, 6) is 0.503. The van der Waals surface area contributed by atoms with Crippen molar-refractivity contribution < 1.29 is 9.21 Å². The molecule has 0 atom stereocenters. The van der Waals surface area contributed by atoms with Gasteiger partial charge in [-0.3, -0.25) is 9.69 Å². The number of hydrogen-bond acceptors (Lipinski definition) is 6. The summed E-state index contributed by atoms with van der Waals surface area (Å²) >= 11 is 8.43. The van der Waals surface area contributed by atoms with Crippen molar-refractivity contribution in [1.29, 1.82) is 0 Å². The summed E-state index contributed by atoms with van der Waals surface area (Å²) in [6.07, 6.45) is 3.30. The Morgan fingerprint density at radius 3 is 3.04 bits per heavy atom. The molecule has 24 heavy (non-hydrogen) atoms. The number of aromatic nitrogens is 1. The predicted octanol–water partition coefficient (Wildman–Crippen LogP) is 3.72. The van der Waals surface area contributed by atoms with Gasteiger partial charge < -0.3 is 9.73 Å². The third-order valence-electron chi connectivity index (χ3n) is 3.44. The summed E-state index contributed by atoms with van der Waals surface area (Å²) in [5.41, 5.74) is 2.25. The Bertz CT molecular complexity index is 910. The third-order valence-corrected chi connectivity index (χ3v) is 5.35. The Kier molecular flexibility index (Phi) is 4.01. The molecule has 120 valence electrons. The molecule has 0 unspecified atom stereocenters. The van der Waals surface area contributed by atoms with Crippen LogP contribution in [0.3, 0.4) is 0 Å². The maximum Gasteiger partial charge on any atom is 0.277 e. The summed E-state index contributed by atoms with van der Waals surface area (Å²) in [6, 6.07) is 5.62. The fraction of sp³-hybridized carbons (Fsp3) is 0.0625. The lowest BCUT2D eigenvalue weighted by molar-refractivity contribution is -0.122. The minimum absolute atomic E-state index is 0.179.